The van der Waals surface area contributed by atoms with Gasteiger partial charge >= 0.3 is 0 Å². The molecule has 0 atom stereocenters. The molecule has 0 aliphatic carbocycles. The summed E-state index contributed by atoms with van der Waals surface area (Å²) in [5.74, 6) is 1.49. The van der Waals surface area contributed by atoms with Crippen molar-refractivity contribution in [3.05, 3.63) is 98.8 Å². The second-order valence-electron chi connectivity index (χ2n) is 7.38. The fourth-order valence-corrected chi connectivity index (χ4v) is 4.57. The Morgan fingerprint density at radius 2 is 1.84 bits per heavy atom. The highest BCUT2D eigenvalue weighted by atomic mass is 35.5. The van der Waals surface area contributed by atoms with Gasteiger partial charge in [0.25, 0.3) is 0 Å². The summed E-state index contributed by atoms with van der Waals surface area (Å²) < 4.78 is 6.08. The number of thiazole rings is 1. The Bertz CT molecular complexity index is 1360. The van der Waals surface area contributed by atoms with Crippen molar-refractivity contribution in [3.8, 4) is 17.3 Å². The molecule has 5 nitrogen and oxygen atoms in total. The first-order valence-electron chi connectivity index (χ1n) is 10.2. The van der Waals surface area contributed by atoms with Crippen LogP contribution in [0.15, 0.2) is 72.1 Å². The third-order valence-corrected chi connectivity index (χ3v) is 6.25. The molecule has 7 heteroatoms. The van der Waals surface area contributed by atoms with E-state index in [1.807, 2.05) is 72.1 Å². The number of hydrogen-bond donors (Lipinski definition) is 2. The molecule has 2 aromatic heterocycles. The summed E-state index contributed by atoms with van der Waals surface area (Å²) in [7, 11) is 0. The lowest BCUT2D eigenvalue weighted by Gasteiger charge is -2.11. The number of aliphatic hydroxyl groups is 1. The van der Waals surface area contributed by atoms with Gasteiger partial charge in [0.1, 0.15) is 18.1 Å². The molecule has 0 bridgehead atoms. The maximum atomic E-state index is 9.56. The zero-order valence-electron chi connectivity index (χ0n) is 17.1. The average Bonchev–Trinajstić information content (AvgIpc) is 3.46. The van der Waals surface area contributed by atoms with E-state index in [2.05, 4.69) is 9.97 Å². The minimum Gasteiger partial charge on any atom is -0.489 e. The predicted molar refractivity (Wildman–Crippen MR) is 128 cm³/mol. The number of H-pyrrole nitrogens is 1. The minimum absolute atomic E-state index is 0.0399. The summed E-state index contributed by atoms with van der Waals surface area (Å²) in [6, 6.07) is 21.4. The number of imidazole rings is 1. The number of aromatic nitrogens is 3. The molecule has 5 aromatic rings. The summed E-state index contributed by atoms with van der Waals surface area (Å²) in [5, 5.41) is 13.2. The molecular weight excluding hydrogens is 442 g/mol. The van der Waals surface area contributed by atoms with Crippen molar-refractivity contribution in [2.24, 2.45) is 0 Å². The average molecular weight is 462 g/mol. The second-order valence-corrected chi connectivity index (χ2v) is 8.76. The highest BCUT2D eigenvalue weighted by Crippen LogP contribution is 2.29. The number of nitrogens with one attached hydrogen (secondary N) is 1. The Morgan fingerprint density at radius 3 is 2.69 bits per heavy atom. The first-order valence-corrected chi connectivity index (χ1v) is 11.4. The van der Waals surface area contributed by atoms with Crippen molar-refractivity contribution in [2.75, 3.05) is 0 Å². The van der Waals surface area contributed by atoms with Crippen LogP contribution in [0.25, 0.3) is 22.6 Å². The maximum absolute atomic E-state index is 9.56. The zero-order valence-corrected chi connectivity index (χ0v) is 18.7. The third-order valence-electron chi connectivity index (χ3n) is 5.17. The normalized spacial score (nSPS) is 11.2. The van der Waals surface area contributed by atoms with E-state index in [9.17, 15) is 5.11 Å². The van der Waals surface area contributed by atoms with Crippen LogP contribution in [-0.2, 0) is 19.6 Å². The molecule has 160 valence electrons. The Balaban J connectivity index is 1.38. The summed E-state index contributed by atoms with van der Waals surface area (Å²) in [6.45, 7) is 0.451. The molecule has 0 amide bonds. The van der Waals surface area contributed by atoms with Gasteiger partial charge in [-0.3, -0.25) is 0 Å². The van der Waals surface area contributed by atoms with E-state index in [-0.39, 0.29) is 6.61 Å². The first kappa shape index (κ1) is 20.7. The zero-order chi connectivity index (χ0) is 21.9. The van der Waals surface area contributed by atoms with E-state index in [0.717, 1.165) is 44.2 Å². The van der Waals surface area contributed by atoms with Gasteiger partial charge in [0.2, 0.25) is 0 Å². The van der Waals surface area contributed by atoms with Gasteiger partial charge in [-0.2, -0.15) is 0 Å². The standard InChI is InChI=1S/C25H20ClN3O2S/c26-19-9-10-22(31-14-16-5-2-1-3-6-16)18(11-19)12-23-27-21(15-32-23)25-28-20-8-4-7-17(13-30)24(20)29-25/h1-11,15,30H,12-14H2,(H,28,29). The summed E-state index contributed by atoms with van der Waals surface area (Å²) in [4.78, 5) is 12.7. The smallest absolute Gasteiger partial charge is 0.158 e. The monoisotopic (exact) mass is 461 g/mol. The quantitative estimate of drug-likeness (QED) is 0.311. The van der Waals surface area contributed by atoms with Gasteiger partial charge < -0.3 is 14.8 Å². The lowest BCUT2D eigenvalue weighted by Crippen LogP contribution is -1.99. The number of fused-ring (bicyclic) bond motifs is 1. The number of aliphatic hydroxyl groups excluding tert-OH is 1. The molecule has 0 saturated heterocycles. The number of para-hydroxylation sites is 1. The van der Waals surface area contributed by atoms with Crippen molar-refractivity contribution < 1.29 is 9.84 Å². The van der Waals surface area contributed by atoms with Gasteiger partial charge in [-0.25, -0.2) is 9.97 Å². The summed E-state index contributed by atoms with van der Waals surface area (Å²) in [6.07, 6.45) is 0.609. The van der Waals surface area contributed by atoms with Crippen LogP contribution >= 0.6 is 22.9 Å². The highest BCUT2D eigenvalue weighted by Gasteiger charge is 2.14. The number of hydrogen-bond acceptors (Lipinski definition) is 5. The van der Waals surface area contributed by atoms with Crippen LogP contribution in [-0.4, -0.2) is 20.1 Å². The first-order chi connectivity index (χ1) is 15.7. The number of halogens is 1. The van der Waals surface area contributed by atoms with Gasteiger partial charge in [0.15, 0.2) is 5.82 Å². The van der Waals surface area contributed by atoms with E-state index in [1.54, 1.807) is 11.3 Å². The highest BCUT2D eigenvalue weighted by molar-refractivity contribution is 7.10. The van der Waals surface area contributed by atoms with Crippen molar-refractivity contribution in [1.29, 1.82) is 0 Å². The van der Waals surface area contributed by atoms with Crippen molar-refractivity contribution >= 4 is 34.0 Å². The maximum Gasteiger partial charge on any atom is 0.158 e. The molecular formula is C25H20ClN3O2S. The second kappa shape index (κ2) is 9.12. The summed E-state index contributed by atoms with van der Waals surface area (Å²) in [5.41, 5.74) is 5.34. The summed E-state index contributed by atoms with van der Waals surface area (Å²) >= 11 is 7.84. The van der Waals surface area contributed by atoms with Crippen LogP contribution in [0, 0.1) is 0 Å². The lowest BCUT2D eigenvalue weighted by molar-refractivity contribution is 0.283. The molecule has 0 radical (unpaired) electrons. The topological polar surface area (TPSA) is 71.0 Å². The van der Waals surface area contributed by atoms with Crippen LogP contribution in [0.1, 0.15) is 21.7 Å². The number of aromatic amines is 1. The van der Waals surface area contributed by atoms with Crippen LogP contribution in [0.5, 0.6) is 5.75 Å². The van der Waals surface area contributed by atoms with E-state index in [1.165, 1.54) is 0 Å². The molecule has 0 aliphatic heterocycles. The number of rotatable bonds is 7. The van der Waals surface area contributed by atoms with Crippen molar-refractivity contribution in [2.45, 2.75) is 19.6 Å². The Labute approximate surface area is 194 Å². The Kier molecular flexibility index (Phi) is 5.90. The Morgan fingerprint density at radius 1 is 0.969 bits per heavy atom. The molecule has 3 aromatic carbocycles. The van der Waals surface area contributed by atoms with Gasteiger partial charge in [-0.15, -0.1) is 11.3 Å². The number of nitrogens with zero attached hydrogens (tertiary/aromatic N) is 2. The fourth-order valence-electron chi connectivity index (χ4n) is 3.57. The molecule has 0 spiro atoms. The minimum atomic E-state index is -0.0399. The lowest BCUT2D eigenvalue weighted by atomic mass is 10.1. The van der Waals surface area contributed by atoms with E-state index in [0.29, 0.717) is 23.9 Å². The van der Waals surface area contributed by atoms with E-state index < -0.39 is 0 Å². The predicted octanol–water partition coefficient (Wildman–Crippen LogP) is 6.00. The molecule has 5 rings (SSSR count). The molecule has 32 heavy (non-hydrogen) atoms. The molecule has 2 heterocycles. The van der Waals surface area contributed by atoms with Gasteiger partial charge in [0.05, 0.1) is 22.6 Å². The van der Waals surface area contributed by atoms with Gasteiger partial charge in [0, 0.05) is 28.0 Å². The van der Waals surface area contributed by atoms with Crippen LogP contribution in [0.2, 0.25) is 5.02 Å². The molecule has 0 fully saturated rings. The van der Waals surface area contributed by atoms with Crippen LogP contribution in [0.3, 0.4) is 0 Å². The van der Waals surface area contributed by atoms with Crippen LogP contribution in [0.4, 0.5) is 0 Å². The van der Waals surface area contributed by atoms with Crippen molar-refractivity contribution in [3.63, 3.8) is 0 Å². The largest absolute Gasteiger partial charge is 0.489 e. The SMILES string of the molecule is OCc1cccc2nc(-c3csc(Cc4cc(Cl)ccc4OCc4ccccc4)n3)[nH]c12. The van der Waals surface area contributed by atoms with E-state index in [4.69, 9.17) is 21.3 Å². The molecule has 0 aliphatic rings. The van der Waals surface area contributed by atoms with E-state index >= 15 is 0 Å². The molecule has 2 N–H and O–H groups in total. The number of ether oxygens (including phenoxy) is 1. The van der Waals surface area contributed by atoms with Gasteiger partial charge in [-0.1, -0.05) is 54.1 Å². The molecule has 0 unspecified atom stereocenters. The van der Waals surface area contributed by atoms with Crippen molar-refractivity contribution in [1.82, 2.24) is 15.0 Å². The fraction of sp³-hybridized carbons (Fsp3) is 0.120. The van der Waals surface area contributed by atoms with Gasteiger partial charge in [-0.05, 0) is 29.8 Å². The number of benzene rings is 3. The van der Waals surface area contributed by atoms with Crippen LogP contribution < -0.4 is 4.74 Å². The Hall–Kier alpha value is -3.19. The third kappa shape index (κ3) is 4.39. The molecule has 0 saturated carbocycles.